The summed E-state index contributed by atoms with van der Waals surface area (Å²) in [6.45, 7) is 3.88. The van der Waals surface area contributed by atoms with Crippen LogP contribution in [0.25, 0.3) is 38.9 Å². The van der Waals surface area contributed by atoms with E-state index in [1.165, 1.54) is 0 Å². The van der Waals surface area contributed by atoms with Crippen LogP contribution in [-0.2, 0) is 0 Å². The van der Waals surface area contributed by atoms with Crippen LogP contribution in [0.1, 0.15) is 24.4 Å². The second-order valence-electron chi connectivity index (χ2n) is 8.54. The maximum absolute atomic E-state index is 14.1. The molecule has 6 rings (SSSR count). The summed E-state index contributed by atoms with van der Waals surface area (Å²) in [6.07, 6.45) is 0. The van der Waals surface area contributed by atoms with Crippen LogP contribution in [0.3, 0.4) is 0 Å². The summed E-state index contributed by atoms with van der Waals surface area (Å²) in [4.78, 5) is 28.9. The molecule has 7 nitrogen and oxygen atoms in total. The van der Waals surface area contributed by atoms with E-state index in [0.717, 1.165) is 22.3 Å². The number of aryl methyl sites for hydroxylation is 1. The lowest BCUT2D eigenvalue weighted by Gasteiger charge is -2.18. The number of ether oxygens (including phenoxy) is 1. The molecular weight excluding hydrogens is 438 g/mol. The molecule has 0 bridgehead atoms. The summed E-state index contributed by atoms with van der Waals surface area (Å²) in [5, 5.41) is 0.453. The van der Waals surface area contributed by atoms with Crippen molar-refractivity contribution in [3.8, 4) is 11.4 Å². The van der Waals surface area contributed by atoms with Crippen LogP contribution in [-0.4, -0.2) is 31.2 Å². The molecule has 1 atom stereocenters. The van der Waals surface area contributed by atoms with Gasteiger partial charge in [-0.15, -0.1) is 0 Å². The highest BCUT2D eigenvalue weighted by Crippen LogP contribution is 2.30. The number of hydrogen-bond donors (Lipinski definition) is 0. The molecule has 172 valence electrons. The van der Waals surface area contributed by atoms with Crippen LogP contribution in [0.15, 0.2) is 83.7 Å². The number of hydrogen-bond acceptors (Lipinski definition) is 5. The Morgan fingerprint density at radius 1 is 0.829 bits per heavy atom. The van der Waals surface area contributed by atoms with E-state index in [0.29, 0.717) is 33.8 Å². The smallest absolute Gasteiger partial charge is 0.265 e. The molecule has 0 saturated carbocycles. The van der Waals surface area contributed by atoms with Crippen molar-refractivity contribution in [1.82, 2.24) is 24.1 Å². The highest BCUT2D eigenvalue weighted by molar-refractivity contribution is 6.05. The van der Waals surface area contributed by atoms with Gasteiger partial charge in [0, 0.05) is 6.07 Å². The SMILES string of the molecule is COc1cccc(-n2c3nc4ccccc4nc3c3c(=O)n([C@@H](C)c4ccccc4)c(C)nc32)c1. The molecule has 0 radical (unpaired) electrons. The first-order valence-corrected chi connectivity index (χ1v) is 11.5. The molecule has 0 aliphatic heterocycles. The number of methoxy groups -OCH3 is 1. The summed E-state index contributed by atoms with van der Waals surface area (Å²) in [7, 11) is 1.63. The molecular formula is C28H23N5O2. The van der Waals surface area contributed by atoms with Crippen molar-refractivity contribution in [1.29, 1.82) is 0 Å². The van der Waals surface area contributed by atoms with Gasteiger partial charge in [0.05, 0.1) is 29.9 Å². The molecule has 7 heteroatoms. The molecule has 3 aromatic carbocycles. The standard InChI is InChI=1S/C28H23N5O2/c1-17(19-10-5-4-6-11-19)32-18(2)29-26-24(28(32)34)25-27(31-23-15-8-7-14-22(23)30-25)33(26)20-12-9-13-21(16-20)35-3/h4-17H,1-3H3/t17-/m0/s1. The summed E-state index contributed by atoms with van der Waals surface area (Å²) in [5.74, 6) is 1.32. The van der Waals surface area contributed by atoms with Crippen LogP contribution in [0.2, 0.25) is 0 Å². The van der Waals surface area contributed by atoms with Crippen molar-refractivity contribution in [3.05, 3.63) is 101 Å². The Balaban J connectivity index is 1.75. The average Bonchev–Trinajstić information content (AvgIpc) is 3.20. The van der Waals surface area contributed by atoms with E-state index in [9.17, 15) is 4.79 Å². The van der Waals surface area contributed by atoms with Crippen molar-refractivity contribution >= 4 is 33.2 Å². The third kappa shape index (κ3) is 3.27. The highest BCUT2D eigenvalue weighted by Gasteiger charge is 2.24. The van der Waals surface area contributed by atoms with Crippen LogP contribution < -0.4 is 10.3 Å². The molecule has 0 saturated heterocycles. The number of nitrogens with zero attached hydrogens (tertiary/aromatic N) is 5. The van der Waals surface area contributed by atoms with Gasteiger partial charge in [-0.25, -0.2) is 15.0 Å². The first-order chi connectivity index (χ1) is 17.1. The molecule has 0 aliphatic carbocycles. The Hall–Kier alpha value is -4.52. The second-order valence-corrected chi connectivity index (χ2v) is 8.54. The molecule has 3 heterocycles. The highest BCUT2D eigenvalue weighted by atomic mass is 16.5. The number of fused-ring (bicyclic) bond motifs is 4. The predicted octanol–water partition coefficient (Wildman–Crippen LogP) is 5.21. The van der Waals surface area contributed by atoms with Gasteiger partial charge in [-0.1, -0.05) is 48.5 Å². The summed E-state index contributed by atoms with van der Waals surface area (Å²) >= 11 is 0. The lowest BCUT2D eigenvalue weighted by atomic mass is 10.1. The fourth-order valence-corrected chi connectivity index (χ4v) is 4.74. The quantitative estimate of drug-likeness (QED) is 0.360. The van der Waals surface area contributed by atoms with Gasteiger partial charge in [0.2, 0.25) is 0 Å². The van der Waals surface area contributed by atoms with Gasteiger partial charge in [-0.2, -0.15) is 0 Å². The fraction of sp³-hybridized carbons (Fsp3) is 0.143. The first-order valence-electron chi connectivity index (χ1n) is 11.5. The van der Waals surface area contributed by atoms with Crippen molar-refractivity contribution in [3.63, 3.8) is 0 Å². The Bertz CT molecular complexity index is 1790. The minimum Gasteiger partial charge on any atom is -0.497 e. The average molecular weight is 462 g/mol. The van der Waals surface area contributed by atoms with Crippen LogP contribution >= 0.6 is 0 Å². The van der Waals surface area contributed by atoms with Crippen LogP contribution in [0.5, 0.6) is 5.75 Å². The zero-order chi connectivity index (χ0) is 24.1. The Kier molecular flexibility index (Phi) is 4.84. The minimum absolute atomic E-state index is 0.139. The molecule has 3 aromatic heterocycles. The second kappa shape index (κ2) is 8.06. The normalized spacial score (nSPS) is 12.4. The summed E-state index contributed by atoms with van der Waals surface area (Å²) < 4.78 is 9.10. The van der Waals surface area contributed by atoms with E-state index in [4.69, 9.17) is 19.7 Å². The largest absolute Gasteiger partial charge is 0.497 e. The Labute approximate surface area is 201 Å². The minimum atomic E-state index is -0.191. The lowest BCUT2D eigenvalue weighted by molar-refractivity contribution is 0.414. The molecule has 0 spiro atoms. The van der Waals surface area contributed by atoms with E-state index in [1.54, 1.807) is 11.7 Å². The number of rotatable bonds is 4. The van der Waals surface area contributed by atoms with Crippen molar-refractivity contribution < 1.29 is 4.74 Å². The number of aromatic nitrogens is 5. The molecule has 0 amide bonds. The van der Waals surface area contributed by atoms with E-state index >= 15 is 0 Å². The third-order valence-electron chi connectivity index (χ3n) is 6.47. The van der Waals surface area contributed by atoms with Crippen LogP contribution in [0.4, 0.5) is 0 Å². The lowest BCUT2D eigenvalue weighted by Crippen LogP contribution is -2.27. The van der Waals surface area contributed by atoms with E-state index < -0.39 is 0 Å². The van der Waals surface area contributed by atoms with E-state index in [1.807, 2.05) is 97.3 Å². The maximum Gasteiger partial charge on any atom is 0.265 e. The first kappa shape index (κ1) is 21.0. The number of benzene rings is 3. The summed E-state index contributed by atoms with van der Waals surface area (Å²) in [5.41, 5.74) is 4.83. The van der Waals surface area contributed by atoms with Gasteiger partial charge in [0.25, 0.3) is 5.56 Å². The van der Waals surface area contributed by atoms with Gasteiger partial charge in [0.15, 0.2) is 11.3 Å². The Morgan fingerprint density at radius 3 is 2.29 bits per heavy atom. The predicted molar refractivity (Wildman–Crippen MR) is 137 cm³/mol. The van der Waals surface area contributed by atoms with Crippen molar-refractivity contribution in [2.24, 2.45) is 0 Å². The van der Waals surface area contributed by atoms with Crippen molar-refractivity contribution in [2.75, 3.05) is 7.11 Å². The third-order valence-corrected chi connectivity index (χ3v) is 6.47. The monoisotopic (exact) mass is 461 g/mol. The zero-order valence-corrected chi connectivity index (χ0v) is 19.6. The van der Waals surface area contributed by atoms with E-state index in [2.05, 4.69) is 0 Å². The molecule has 0 aliphatic rings. The van der Waals surface area contributed by atoms with Crippen LogP contribution in [0, 0.1) is 6.92 Å². The molecule has 0 unspecified atom stereocenters. The topological polar surface area (TPSA) is 74.8 Å². The summed E-state index contributed by atoms with van der Waals surface area (Å²) in [6, 6.07) is 25.1. The molecule has 0 fully saturated rings. The van der Waals surface area contributed by atoms with Gasteiger partial charge < -0.3 is 4.74 Å². The molecule has 6 aromatic rings. The molecule has 35 heavy (non-hydrogen) atoms. The maximum atomic E-state index is 14.1. The van der Waals surface area contributed by atoms with Gasteiger partial charge in [-0.05, 0) is 43.7 Å². The zero-order valence-electron chi connectivity index (χ0n) is 19.6. The molecule has 0 N–H and O–H groups in total. The van der Waals surface area contributed by atoms with E-state index in [-0.39, 0.29) is 11.6 Å². The number of para-hydroxylation sites is 2. The van der Waals surface area contributed by atoms with Gasteiger partial charge in [0.1, 0.15) is 22.5 Å². The fourth-order valence-electron chi connectivity index (χ4n) is 4.74. The van der Waals surface area contributed by atoms with Gasteiger partial charge >= 0.3 is 0 Å². The van der Waals surface area contributed by atoms with Gasteiger partial charge in [-0.3, -0.25) is 13.9 Å². The Morgan fingerprint density at radius 2 is 1.54 bits per heavy atom. The van der Waals surface area contributed by atoms with Crippen molar-refractivity contribution in [2.45, 2.75) is 19.9 Å².